The van der Waals surface area contributed by atoms with Gasteiger partial charge in [0.2, 0.25) is 5.91 Å². The third kappa shape index (κ3) is 7.69. The second-order valence-electron chi connectivity index (χ2n) is 9.81. The number of hydrogen-bond acceptors (Lipinski definition) is 4. The lowest BCUT2D eigenvalue weighted by molar-refractivity contribution is -0.134. The van der Waals surface area contributed by atoms with E-state index in [0.717, 1.165) is 38.3 Å². The molecule has 0 radical (unpaired) electrons. The number of carbonyl (C=O) groups is 2. The first-order valence-electron chi connectivity index (χ1n) is 11.3. The molecule has 1 aliphatic carbocycles. The Morgan fingerprint density at radius 3 is 2.50 bits per heavy atom. The Morgan fingerprint density at radius 1 is 1.23 bits per heavy atom. The Morgan fingerprint density at radius 2 is 1.90 bits per heavy atom. The molecule has 2 aliphatic rings. The average Bonchev–Trinajstić information content (AvgIpc) is 3.35. The summed E-state index contributed by atoms with van der Waals surface area (Å²) in [6.07, 6.45) is 5.09. The van der Waals surface area contributed by atoms with Crippen LogP contribution >= 0.6 is 0 Å². The Balaban J connectivity index is 1.71. The summed E-state index contributed by atoms with van der Waals surface area (Å²) in [7, 11) is 3.51. The fraction of sp³-hybridized carbons (Fsp3) is 0.864. The number of rotatable bonds is 6. The lowest BCUT2D eigenvalue weighted by Crippen LogP contribution is -2.47. The van der Waals surface area contributed by atoms with Gasteiger partial charge in [-0.3, -0.25) is 9.79 Å². The van der Waals surface area contributed by atoms with Crippen LogP contribution in [-0.4, -0.2) is 79.7 Å². The maximum atomic E-state index is 12.6. The molecule has 1 saturated carbocycles. The Hall–Kier alpha value is -1.99. The number of nitrogens with zero attached hydrogens (tertiary/aromatic N) is 3. The molecule has 0 bridgehead atoms. The van der Waals surface area contributed by atoms with Gasteiger partial charge in [0.1, 0.15) is 5.60 Å². The van der Waals surface area contributed by atoms with Crippen LogP contribution in [0.5, 0.6) is 0 Å². The fourth-order valence-electron chi connectivity index (χ4n) is 4.11. The highest BCUT2D eigenvalue weighted by atomic mass is 16.6. The molecule has 8 nitrogen and oxygen atoms in total. The third-order valence-corrected chi connectivity index (χ3v) is 5.68. The second-order valence-corrected chi connectivity index (χ2v) is 9.81. The molecule has 0 aromatic carbocycles. The van der Waals surface area contributed by atoms with Crippen molar-refractivity contribution in [3.8, 4) is 0 Å². The van der Waals surface area contributed by atoms with Crippen molar-refractivity contribution < 1.29 is 14.3 Å². The molecule has 30 heavy (non-hydrogen) atoms. The van der Waals surface area contributed by atoms with Crippen LogP contribution in [0, 0.1) is 11.8 Å². The van der Waals surface area contributed by atoms with E-state index in [9.17, 15) is 9.59 Å². The number of ether oxygens (including phenoxy) is 1. The van der Waals surface area contributed by atoms with Crippen molar-refractivity contribution in [3.05, 3.63) is 0 Å². The SMILES string of the molecule is CN=C(NCC(C)CN(C)C(=O)OC(C)(C)C)NC1CCN(C(=O)C2CCCC2)C1. The van der Waals surface area contributed by atoms with Gasteiger partial charge >= 0.3 is 6.09 Å². The molecule has 8 heteroatoms. The maximum absolute atomic E-state index is 12.6. The number of nitrogens with one attached hydrogen (secondary N) is 2. The van der Waals surface area contributed by atoms with E-state index in [4.69, 9.17) is 4.74 Å². The molecule has 2 amide bonds. The standard InChI is InChI=1S/C22H41N5O3/c1-16(14-26(6)21(29)30-22(2,3)4)13-24-20(23-5)25-18-11-12-27(15-18)19(28)17-9-7-8-10-17/h16-18H,7-15H2,1-6H3,(H2,23,24,25). The summed E-state index contributed by atoms with van der Waals surface area (Å²) in [5, 5.41) is 6.79. The van der Waals surface area contributed by atoms with Gasteiger partial charge in [0, 0.05) is 52.2 Å². The molecule has 2 N–H and O–H groups in total. The quantitative estimate of drug-likeness (QED) is 0.506. The molecule has 2 unspecified atom stereocenters. The van der Waals surface area contributed by atoms with Crippen molar-refractivity contribution in [1.82, 2.24) is 20.4 Å². The third-order valence-electron chi connectivity index (χ3n) is 5.68. The van der Waals surface area contributed by atoms with Gasteiger partial charge in [0.15, 0.2) is 5.96 Å². The van der Waals surface area contributed by atoms with Gasteiger partial charge < -0.3 is 25.2 Å². The Bertz CT molecular complexity index is 610. The summed E-state index contributed by atoms with van der Waals surface area (Å²) < 4.78 is 5.40. The predicted molar refractivity (Wildman–Crippen MR) is 119 cm³/mol. The van der Waals surface area contributed by atoms with Crippen LogP contribution in [0.1, 0.15) is 59.8 Å². The van der Waals surface area contributed by atoms with E-state index in [2.05, 4.69) is 22.5 Å². The number of guanidine groups is 1. The maximum Gasteiger partial charge on any atom is 0.410 e. The summed E-state index contributed by atoms with van der Waals surface area (Å²) in [6, 6.07) is 0.223. The van der Waals surface area contributed by atoms with Crippen molar-refractivity contribution >= 4 is 18.0 Å². The van der Waals surface area contributed by atoms with Gasteiger partial charge in [-0.2, -0.15) is 0 Å². The monoisotopic (exact) mass is 423 g/mol. The van der Waals surface area contributed by atoms with Crippen LogP contribution in [0.3, 0.4) is 0 Å². The predicted octanol–water partition coefficient (Wildman–Crippen LogP) is 2.45. The topological polar surface area (TPSA) is 86.3 Å². The summed E-state index contributed by atoms with van der Waals surface area (Å²) in [5.74, 6) is 1.54. The molecule has 2 atom stereocenters. The zero-order valence-corrected chi connectivity index (χ0v) is 19.7. The van der Waals surface area contributed by atoms with Gasteiger partial charge in [-0.1, -0.05) is 19.8 Å². The van der Waals surface area contributed by atoms with Crippen LogP contribution in [0.25, 0.3) is 0 Å². The van der Waals surface area contributed by atoms with Crippen molar-refractivity contribution in [2.24, 2.45) is 16.8 Å². The van der Waals surface area contributed by atoms with Gasteiger partial charge in [0.25, 0.3) is 0 Å². The molecule has 2 rings (SSSR count). The molecule has 1 heterocycles. The number of amides is 2. The van der Waals surface area contributed by atoms with Crippen LogP contribution < -0.4 is 10.6 Å². The first kappa shape index (κ1) is 24.3. The minimum Gasteiger partial charge on any atom is -0.444 e. The number of hydrogen-bond donors (Lipinski definition) is 2. The summed E-state index contributed by atoms with van der Waals surface area (Å²) in [6.45, 7) is 10.5. The smallest absolute Gasteiger partial charge is 0.410 e. The molecule has 0 aromatic heterocycles. The molecule has 0 aromatic rings. The van der Waals surface area contributed by atoms with E-state index in [1.165, 1.54) is 12.8 Å². The van der Waals surface area contributed by atoms with E-state index in [-0.39, 0.29) is 24.0 Å². The van der Waals surface area contributed by atoms with E-state index >= 15 is 0 Å². The van der Waals surface area contributed by atoms with Crippen LogP contribution in [0.4, 0.5) is 4.79 Å². The lowest BCUT2D eigenvalue weighted by Gasteiger charge is -2.27. The Labute approximate surface area is 181 Å². The largest absolute Gasteiger partial charge is 0.444 e. The van der Waals surface area contributed by atoms with Gasteiger partial charge in [0.05, 0.1) is 0 Å². The average molecular weight is 424 g/mol. The van der Waals surface area contributed by atoms with Crippen molar-refractivity contribution in [2.45, 2.75) is 71.4 Å². The molecule has 0 spiro atoms. The molecule has 2 fully saturated rings. The number of likely N-dealkylation sites (tertiary alicyclic amines) is 1. The fourth-order valence-corrected chi connectivity index (χ4v) is 4.11. The highest BCUT2D eigenvalue weighted by Crippen LogP contribution is 2.27. The Kier molecular flexibility index (Phi) is 8.79. The normalized spacial score (nSPS) is 21.5. The van der Waals surface area contributed by atoms with Crippen LogP contribution in [0.15, 0.2) is 4.99 Å². The number of aliphatic imine (C=N–C) groups is 1. The van der Waals surface area contributed by atoms with Gasteiger partial charge in [-0.05, 0) is 46.0 Å². The molecular weight excluding hydrogens is 382 g/mol. The van der Waals surface area contributed by atoms with Crippen LogP contribution in [-0.2, 0) is 9.53 Å². The van der Waals surface area contributed by atoms with Crippen molar-refractivity contribution in [3.63, 3.8) is 0 Å². The zero-order valence-electron chi connectivity index (χ0n) is 19.7. The first-order valence-corrected chi connectivity index (χ1v) is 11.3. The van der Waals surface area contributed by atoms with E-state index in [1.54, 1.807) is 19.0 Å². The van der Waals surface area contributed by atoms with Gasteiger partial charge in [-0.15, -0.1) is 0 Å². The molecule has 172 valence electrons. The molecular formula is C22H41N5O3. The summed E-state index contributed by atoms with van der Waals surface area (Å²) >= 11 is 0. The summed E-state index contributed by atoms with van der Waals surface area (Å²) in [5.41, 5.74) is -0.493. The first-order chi connectivity index (χ1) is 14.1. The minimum atomic E-state index is -0.493. The van der Waals surface area contributed by atoms with Crippen molar-refractivity contribution in [1.29, 1.82) is 0 Å². The van der Waals surface area contributed by atoms with E-state index < -0.39 is 5.60 Å². The summed E-state index contributed by atoms with van der Waals surface area (Å²) in [4.78, 5) is 32.7. The highest BCUT2D eigenvalue weighted by Gasteiger charge is 2.32. The van der Waals surface area contributed by atoms with Crippen molar-refractivity contribution in [2.75, 3.05) is 40.3 Å². The van der Waals surface area contributed by atoms with Gasteiger partial charge in [-0.25, -0.2) is 4.79 Å². The minimum absolute atomic E-state index is 0.223. The zero-order chi connectivity index (χ0) is 22.3. The van der Waals surface area contributed by atoms with E-state index in [0.29, 0.717) is 19.0 Å². The van der Waals surface area contributed by atoms with E-state index in [1.807, 2.05) is 25.7 Å². The molecule has 1 aliphatic heterocycles. The highest BCUT2D eigenvalue weighted by molar-refractivity contribution is 5.81. The second kappa shape index (κ2) is 10.9. The lowest BCUT2D eigenvalue weighted by atomic mass is 10.1. The molecule has 1 saturated heterocycles. The van der Waals surface area contributed by atoms with Crippen LogP contribution in [0.2, 0.25) is 0 Å². The number of carbonyl (C=O) groups excluding carboxylic acids is 2.